The zero-order valence-corrected chi connectivity index (χ0v) is 12.0. The lowest BCUT2D eigenvalue weighted by Crippen LogP contribution is -2.21. The van der Waals surface area contributed by atoms with Crippen LogP contribution in [-0.2, 0) is 6.42 Å². The van der Waals surface area contributed by atoms with Gasteiger partial charge in [0.1, 0.15) is 11.5 Å². The minimum Gasteiger partial charge on any atom is -0.457 e. The normalized spacial score (nSPS) is 12.3. The molecular weight excluding hydrogens is 248 g/mol. The van der Waals surface area contributed by atoms with Gasteiger partial charge in [0.15, 0.2) is 0 Å². The molecule has 0 amide bonds. The SMILES string of the molecule is CCN(CC)c1ccc2c(c1)Oc1cc(N)ccc1C2. The highest BCUT2D eigenvalue weighted by Gasteiger charge is 2.18. The van der Waals surface area contributed by atoms with Crippen LogP contribution in [0.15, 0.2) is 36.4 Å². The molecule has 0 radical (unpaired) electrons. The minimum atomic E-state index is 0.743. The number of nitrogens with two attached hydrogens (primary N) is 1. The van der Waals surface area contributed by atoms with Gasteiger partial charge in [0.05, 0.1) is 0 Å². The quantitative estimate of drug-likeness (QED) is 0.734. The van der Waals surface area contributed by atoms with Crippen LogP contribution >= 0.6 is 0 Å². The van der Waals surface area contributed by atoms with Crippen LogP contribution in [0, 0.1) is 0 Å². The Morgan fingerprint density at radius 2 is 1.65 bits per heavy atom. The van der Waals surface area contributed by atoms with E-state index >= 15 is 0 Å². The Balaban J connectivity index is 1.96. The minimum absolute atomic E-state index is 0.743. The second-order valence-electron chi connectivity index (χ2n) is 5.11. The van der Waals surface area contributed by atoms with E-state index in [0.29, 0.717) is 0 Å². The van der Waals surface area contributed by atoms with Crippen LogP contribution < -0.4 is 15.4 Å². The molecule has 1 aliphatic heterocycles. The lowest BCUT2D eigenvalue weighted by molar-refractivity contribution is 0.460. The number of rotatable bonds is 3. The monoisotopic (exact) mass is 268 g/mol. The molecule has 3 rings (SSSR count). The molecule has 104 valence electrons. The Kier molecular flexibility index (Phi) is 3.26. The molecule has 3 heteroatoms. The molecule has 2 aromatic carbocycles. The summed E-state index contributed by atoms with van der Waals surface area (Å²) in [7, 11) is 0. The van der Waals surface area contributed by atoms with Crippen molar-refractivity contribution in [2.45, 2.75) is 20.3 Å². The van der Waals surface area contributed by atoms with Crippen LogP contribution in [0.5, 0.6) is 11.5 Å². The zero-order valence-electron chi connectivity index (χ0n) is 12.0. The van der Waals surface area contributed by atoms with E-state index < -0.39 is 0 Å². The van der Waals surface area contributed by atoms with Crippen molar-refractivity contribution in [2.24, 2.45) is 0 Å². The Morgan fingerprint density at radius 3 is 2.35 bits per heavy atom. The van der Waals surface area contributed by atoms with E-state index in [4.69, 9.17) is 10.5 Å². The van der Waals surface area contributed by atoms with Gasteiger partial charge < -0.3 is 15.4 Å². The van der Waals surface area contributed by atoms with Crippen LogP contribution in [0.25, 0.3) is 0 Å². The molecule has 0 atom stereocenters. The van der Waals surface area contributed by atoms with E-state index in [1.807, 2.05) is 18.2 Å². The molecule has 0 unspecified atom stereocenters. The maximum absolute atomic E-state index is 6.03. The molecule has 1 heterocycles. The summed E-state index contributed by atoms with van der Waals surface area (Å²) in [6.45, 7) is 6.33. The Hall–Kier alpha value is -2.16. The molecule has 0 saturated heterocycles. The van der Waals surface area contributed by atoms with E-state index in [-0.39, 0.29) is 0 Å². The van der Waals surface area contributed by atoms with Gasteiger partial charge in [-0.05, 0) is 37.1 Å². The summed E-state index contributed by atoms with van der Waals surface area (Å²) in [6, 6.07) is 12.4. The molecule has 0 aromatic heterocycles. The average Bonchev–Trinajstić information content (AvgIpc) is 2.46. The van der Waals surface area contributed by atoms with Gasteiger partial charge in [0.25, 0.3) is 0 Å². The fraction of sp³-hybridized carbons (Fsp3) is 0.294. The molecule has 0 bridgehead atoms. The predicted molar refractivity (Wildman–Crippen MR) is 83.7 cm³/mol. The van der Waals surface area contributed by atoms with Gasteiger partial charge in [0.2, 0.25) is 0 Å². The number of ether oxygens (including phenoxy) is 1. The molecule has 2 aromatic rings. The fourth-order valence-electron chi connectivity index (χ4n) is 2.71. The van der Waals surface area contributed by atoms with Crippen LogP contribution in [0.1, 0.15) is 25.0 Å². The Bertz CT molecular complexity index is 633. The van der Waals surface area contributed by atoms with Crippen molar-refractivity contribution < 1.29 is 4.74 Å². The van der Waals surface area contributed by atoms with Crippen molar-refractivity contribution in [3.05, 3.63) is 47.5 Å². The second-order valence-corrected chi connectivity index (χ2v) is 5.11. The topological polar surface area (TPSA) is 38.5 Å². The molecule has 0 fully saturated rings. The number of fused-ring (bicyclic) bond motifs is 2. The van der Waals surface area contributed by atoms with Crippen molar-refractivity contribution in [2.75, 3.05) is 23.7 Å². The largest absolute Gasteiger partial charge is 0.457 e. The fourth-order valence-corrected chi connectivity index (χ4v) is 2.71. The van der Waals surface area contributed by atoms with Gasteiger partial charge in [-0.15, -0.1) is 0 Å². The summed E-state index contributed by atoms with van der Waals surface area (Å²) in [5.41, 5.74) is 10.2. The van der Waals surface area contributed by atoms with Crippen LogP contribution in [-0.4, -0.2) is 13.1 Å². The molecule has 3 nitrogen and oxygen atoms in total. The summed E-state index contributed by atoms with van der Waals surface area (Å²) in [5, 5.41) is 0. The number of hydrogen-bond donors (Lipinski definition) is 1. The highest BCUT2D eigenvalue weighted by molar-refractivity contribution is 5.60. The first-order valence-corrected chi connectivity index (χ1v) is 7.15. The van der Waals surface area contributed by atoms with Gasteiger partial charge in [0, 0.05) is 43.0 Å². The van der Waals surface area contributed by atoms with E-state index in [1.165, 1.54) is 16.8 Å². The van der Waals surface area contributed by atoms with Gasteiger partial charge in [-0.2, -0.15) is 0 Å². The third kappa shape index (κ3) is 2.20. The number of nitrogens with zero attached hydrogens (tertiary/aromatic N) is 1. The van der Waals surface area contributed by atoms with E-state index in [2.05, 4.69) is 36.9 Å². The Morgan fingerprint density at radius 1 is 1.00 bits per heavy atom. The predicted octanol–water partition coefficient (Wildman–Crippen LogP) is 3.81. The lowest BCUT2D eigenvalue weighted by Gasteiger charge is -2.25. The molecule has 0 saturated carbocycles. The molecular formula is C17H20N2O. The van der Waals surface area contributed by atoms with Crippen molar-refractivity contribution in [3.8, 4) is 11.5 Å². The van der Waals surface area contributed by atoms with Gasteiger partial charge in [-0.3, -0.25) is 0 Å². The summed E-state index contributed by atoms with van der Waals surface area (Å²) < 4.78 is 6.03. The summed E-state index contributed by atoms with van der Waals surface area (Å²) >= 11 is 0. The summed E-state index contributed by atoms with van der Waals surface area (Å²) in [5.74, 6) is 1.83. The van der Waals surface area contributed by atoms with Gasteiger partial charge in [-0.1, -0.05) is 12.1 Å². The number of nitrogen functional groups attached to an aromatic ring is 1. The molecule has 0 spiro atoms. The average molecular weight is 268 g/mol. The number of hydrogen-bond acceptors (Lipinski definition) is 3. The molecule has 20 heavy (non-hydrogen) atoms. The lowest BCUT2D eigenvalue weighted by atomic mass is 9.99. The third-order valence-electron chi connectivity index (χ3n) is 3.87. The van der Waals surface area contributed by atoms with Crippen molar-refractivity contribution in [1.82, 2.24) is 0 Å². The van der Waals surface area contributed by atoms with Crippen LogP contribution in [0.3, 0.4) is 0 Å². The first kappa shape index (κ1) is 12.9. The Labute approximate surface area is 120 Å². The second kappa shape index (κ2) is 5.08. The van der Waals surface area contributed by atoms with Crippen molar-refractivity contribution in [1.29, 1.82) is 0 Å². The summed E-state index contributed by atoms with van der Waals surface area (Å²) in [6.07, 6.45) is 0.906. The molecule has 2 N–H and O–H groups in total. The van der Waals surface area contributed by atoms with Gasteiger partial charge >= 0.3 is 0 Å². The highest BCUT2D eigenvalue weighted by atomic mass is 16.5. The molecule has 1 aliphatic rings. The van der Waals surface area contributed by atoms with Crippen molar-refractivity contribution >= 4 is 11.4 Å². The van der Waals surface area contributed by atoms with E-state index in [0.717, 1.165) is 36.7 Å². The number of anilines is 2. The third-order valence-corrected chi connectivity index (χ3v) is 3.87. The van der Waals surface area contributed by atoms with Crippen molar-refractivity contribution in [3.63, 3.8) is 0 Å². The van der Waals surface area contributed by atoms with Crippen LogP contribution in [0.2, 0.25) is 0 Å². The maximum atomic E-state index is 6.03. The maximum Gasteiger partial charge on any atom is 0.133 e. The molecule has 0 aliphatic carbocycles. The first-order valence-electron chi connectivity index (χ1n) is 7.15. The van der Waals surface area contributed by atoms with Crippen LogP contribution in [0.4, 0.5) is 11.4 Å². The zero-order chi connectivity index (χ0) is 14.1. The first-order chi connectivity index (χ1) is 9.71. The summed E-state index contributed by atoms with van der Waals surface area (Å²) in [4.78, 5) is 2.32. The van der Waals surface area contributed by atoms with E-state index in [1.54, 1.807) is 0 Å². The highest BCUT2D eigenvalue weighted by Crippen LogP contribution is 2.39. The standard InChI is InChI=1S/C17H20N2O/c1-3-19(4-2)15-8-6-13-9-12-5-7-14(18)10-16(12)20-17(13)11-15/h5-8,10-11H,3-4,9,18H2,1-2H3. The number of benzene rings is 2. The smallest absolute Gasteiger partial charge is 0.133 e. The van der Waals surface area contributed by atoms with Gasteiger partial charge in [-0.25, -0.2) is 0 Å². The van der Waals surface area contributed by atoms with E-state index in [9.17, 15) is 0 Å².